The number of likely N-dealkylation sites (tertiary alicyclic amines) is 1. The van der Waals surface area contributed by atoms with Gasteiger partial charge < -0.3 is 36.0 Å². The first kappa shape index (κ1) is 25.8. The van der Waals surface area contributed by atoms with E-state index in [2.05, 4.69) is 0 Å². The number of phenols is 1. The highest BCUT2D eigenvalue weighted by Gasteiger charge is 2.60. The van der Waals surface area contributed by atoms with Crippen LogP contribution in [-0.4, -0.2) is 81.5 Å². The van der Waals surface area contributed by atoms with Crippen LogP contribution < -0.4 is 10.6 Å². The quantitative estimate of drug-likeness (QED) is 0.361. The molecule has 1 saturated heterocycles. The number of nitrogens with two attached hydrogens (primary N) is 1. The van der Waals surface area contributed by atoms with E-state index in [1.165, 1.54) is 0 Å². The van der Waals surface area contributed by atoms with E-state index in [0.717, 1.165) is 19.3 Å². The molecule has 1 aromatic rings. The van der Waals surface area contributed by atoms with Gasteiger partial charge in [-0.15, -0.1) is 0 Å². The number of nitrogens with zero attached hydrogens (tertiary/aromatic N) is 2. The van der Waals surface area contributed by atoms with Crippen molar-refractivity contribution in [3.8, 4) is 5.75 Å². The predicted molar refractivity (Wildman–Crippen MR) is 135 cm³/mol. The van der Waals surface area contributed by atoms with Crippen molar-refractivity contribution in [2.75, 3.05) is 32.1 Å². The van der Waals surface area contributed by atoms with Crippen molar-refractivity contribution in [3.63, 3.8) is 0 Å². The first-order chi connectivity index (χ1) is 17.9. The van der Waals surface area contributed by atoms with E-state index < -0.39 is 57.8 Å². The van der Waals surface area contributed by atoms with Crippen LogP contribution in [0.25, 0.3) is 5.76 Å². The molecule has 3 atom stereocenters. The van der Waals surface area contributed by atoms with Crippen molar-refractivity contribution in [1.82, 2.24) is 4.90 Å². The molecule has 2 fully saturated rings. The molecule has 0 aromatic heterocycles. The Morgan fingerprint density at radius 1 is 1.08 bits per heavy atom. The number of anilines is 1. The Hall–Kier alpha value is -3.86. The number of aliphatic hydroxyl groups excluding tert-OH is 2. The van der Waals surface area contributed by atoms with Gasteiger partial charge in [-0.25, -0.2) is 0 Å². The second-order valence-electron chi connectivity index (χ2n) is 10.8. The molecule has 3 aliphatic carbocycles. The molecule has 0 spiro atoms. The lowest BCUT2D eigenvalue weighted by atomic mass is 9.59. The van der Waals surface area contributed by atoms with Crippen LogP contribution in [-0.2, 0) is 20.8 Å². The summed E-state index contributed by atoms with van der Waals surface area (Å²) in [6.45, 7) is 1.09. The van der Waals surface area contributed by atoms with E-state index in [1.54, 1.807) is 30.0 Å². The number of primary amides is 1. The average Bonchev–Trinajstić information content (AvgIpc) is 2.86. The third-order valence-electron chi connectivity index (χ3n) is 8.40. The lowest BCUT2D eigenvalue weighted by Crippen LogP contribution is -2.58. The summed E-state index contributed by atoms with van der Waals surface area (Å²) in [5, 5.41) is 44.8. The molecule has 0 radical (unpaired) electrons. The minimum Gasteiger partial charge on any atom is -0.508 e. The zero-order valence-electron chi connectivity index (χ0n) is 21.3. The van der Waals surface area contributed by atoms with Gasteiger partial charge in [0.25, 0.3) is 11.8 Å². The van der Waals surface area contributed by atoms with Crippen molar-refractivity contribution in [2.24, 2.45) is 17.6 Å². The maximum atomic E-state index is 13.7. The summed E-state index contributed by atoms with van der Waals surface area (Å²) in [5.41, 5.74) is 2.54. The monoisotopic (exact) mass is 525 g/mol. The average molecular weight is 526 g/mol. The molecule has 1 aromatic carbocycles. The molecule has 1 heterocycles. The molecular formula is C27H31N3O8. The van der Waals surface area contributed by atoms with E-state index in [1.807, 2.05) is 0 Å². The fraction of sp³-hybridized carbons (Fsp3) is 0.481. The first-order valence-electron chi connectivity index (χ1n) is 12.7. The Labute approximate surface area is 218 Å². The van der Waals surface area contributed by atoms with Gasteiger partial charge in [-0.2, -0.15) is 0 Å². The number of phenolic OH excluding ortho intramolecular Hbond substituents is 1. The number of fused-ring (bicyclic) bond motifs is 3. The summed E-state index contributed by atoms with van der Waals surface area (Å²) in [5.74, 6) is -7.36. The molecule has 202 valence electrons. The number of carbonyl (C=O) groups excluding carboxylic acids is 4. The number of rotatable bonds is 3. The van der Waals surface area contributed by atoms with Gasteiger partial charge in [0.05, 0.1) is 11.1 Å². The number of aromatic hydroxyl groups is 1. The van der Waals surface area contributed by atoms with Crippen molar-refractivity contribution in [3.05, 3.63) is 39.7 Å². The van der Waals surface area contributed by atoms with E-state index in [4.69, 9.17) is 5.73 Å². The highest BCUT2D eigenvalue weighted by atomic mass is 16.3. The number of Topliss-reactive ketones (excluding diaryl/α,β-unsaturated/α-hetero) is 2. The molecular weight excluding hydrogens is 494 g/mol. The number of amides is 2. The molecule has 5 rings (SSSR count). The maximum absolute atomic E-state index is 13.7. The van der Waals surface area contributed by atoms with Gasteiger partial charge in [0.2, 0.25) is 5.78 Å². The van der Waals surface area contributed by atoms with E-state index in [-0.39, 0.29) is 41.9 Å². The topological polar surface area (TPSA) is 182 Å². The number of piperidine rings is 1. The van der Waals surface area contributed by atoms with E-state index in [0.29, 0.717) is 24.3 Å². The van der Waals surface area contributed by atoms with Crippen LogP contribution in [0.5, 0.6) is 5.75 Å². The van der Waals surface area contributed by atoms with Gasteiger partial charge in [-0.3, -0.25) is 19.2 Å². The third-order valence-corrected chi connectivity index (χ3v) is 8.40. The molecule has 11 heteroatoms. The molecule has 4 aliphatic rings. The Morgan fingerprint density at radius 2 is 1.74 bits per heavy atom. The summed E-state index contributed by atoms with van der Waals surface area (Å²) in [6, 6.07) is 1.59. The fourth-order valence-corrected chi connectivity index (χ4v) is 6.50. The minimum atomic E-state index is -2.63. The second kappa shape index (κ2) is 8.87. The van der Waals surface area contributed by atoms with Crippen LogP contribution in [0, 0.1) is 11.8 Å². The van der Waals surface area contributed by atoms with Crippen LogP contribution in [0.15, 0.2) is 23.0 Å². The van der Waals surface area contributed by atoms with Gasteiger partial charge in [0, 0.05) is 50.8 Å². The summed E-state index contributed by atoms with van der Waals surface area (Å²) >= 11 is 0. The molecule has 0 bridgehead atoms. The highest BCUT2D eigenvalue weighted by molar-refractivity contribution is 6.22. The Balaban J connectivity index is 1.69. The van der Waals surface area contributed by atoms with Gasteiger partial charge in [0.1, 0.15) is 22.8 Å². The predicted octanol–water partition coefficient (Wildman–Crippen LogP) is 1.12. The van der Waals surface area contributed by atoms with Crippen molar-refractivity contribution in [2.45, 2.75) is 44.1 Å². The number of ketones is 2. The fourth-order valence-electron chi connectivity index (χ4n) is 6.50. The first-order valence-corrected chi connectivity index (χ1v) is 12.7. The van der Waals surface area contributed by atoms with Gasteiger partial charge >= 0.3 is 0 Å². The SMILES string of the molecule is CN(C)c1cc(C(=O)N2CCCCC2)c(O)c2c1C[C@H]1C[C@H]3CC(=O)C(C(N)=O)=C(O)[C@@]3(O)C(=O)C1=C2O. The molecule has 0 unspecified atom stereocenters. The summed E-state index contributed by atoms with van der Waals surface area (Å²) in [6.07, 6.45) is 2.54. The number of hydrogen-bond donors (Lipinski definition) is 5. The van der Waals surface area contributed by atoms with Crippen LogP contribution >= 0.6 is 0 Å². The maximum Gasteiger partial charge on any atom is 0.257 e. The molecule has 6 N–H and O–H groups in total. The normalized spacial score (nSPS) is 27.1. The molecule has 1 saturated carbocycles. The van der Waals surface area contributed by atoms with Crippen LogP contribution in [0.4, 0.5) is 5.69 Å². The highest BCUT2D eigenvalue weighted by Crippen LogP contribution is 2.53. The number of hydrogen-bond acceptors (Lipinski definition) is 9. The zero-order valence-corrected chi connectivity index (χ0v) is 21.3. The number of carbonyl (C=O) groups is 4. The minimum absolute atomic E-state index is 0.0122. The Kier molecular flexibility index (Phi) is 6.01. The standard InChI is InChI=1S/C27H31N3O8/c1-29(2)16-11-15(26(37)30-6-4-3-5-7-30)21(32)19-14(16)9-12-8-13-10-17(31)20(25(28)36)24(35)27(13,38)23(34)18(12)22(19)33/h11-13,32-33,35,38H,3-10H2,1-2H3,(H2,28,36)/t12-,13+,27+/m1/s1. The van der Waals surface area contributed by atoms with Crippen molar-refractivity contribution < 1.29 is 39.6 Å². The van der Waals surface area contributed by atoms with E-state index >= 15 is 0 Å². The Morgan fingerprint density at radius 3 is 2.34 bits per heavy atom. The van der Waals surface area contributed by atoms with Crippen LogP contribution in [0.3, 0.4) is 0 Å². The largest absolute Gasteiger partial charge is 0.508 e. The van der Waals surface area contributed by atoms with E-state index in [9.17, 15) is 39.6 Å². The molecule has 1 aliphatic heterocycles. The molecule has 2 amide bonds. The lowest BCUT2D eigenvalue weighted by Gasteiger charge is -2.46. The van der Waals surface area contributed by atoms with Gasteiger partial charge in [0.15, 0.2) is 11.4 Å². The zero-order chi connectivity index (χ0) is 27.7. The second-order valence-corrected chi connectivity index (χ2v) is 10.8. The van der Waals surface area contributed by atoms with Crippen LogP contribution in [0.2, 0.25) is 0 Å². The van der Waals surface area contributed by atoms with Gasteiger partial charge in [-0.1, -0.05) is 0 Å². The summed E-state index contributed by atoms with van der Waals surface area (Å²) in [7, 11) is 3.52. The Bertz CT molecular complexity index is 1350. The van der Waals surface area contributed by atoms with Crippen molar-refractivity contribution >= 4 is 34.8 Å². The van der Waals surface area contributed by atoms with Crippen molar-refractivity contribution in [1.29, 1.82) is 0 Å². The number of benzene rings is 1. The number of aliphatic hydroxyl groups is 3. The smallest absolute Gasteiger partial charge is 0.257 e. The molecule has 38 heavy (non-hydrogen) atoms. The third kappa shape index (κ3) is 3.52. The lowest BCUT2D eigenvalue weighted by molar-refractivity contribution is -0.147. The van der Waals surface area contributed by atoms with Crippen LogP contribution in [0.1, 0.15) is 53.6 Å². The molecule has 11 nitrogen and oxygen atoms in total. The summed E-state index contributed by atoms with van der Waals surface area (Å²) in [4.78, 5) is 54.8. The summed E-state index contributed by atoms with van der Waals surface area (Å²) < 4.78 is 0. The van der Waals surface area contributed by atoms with Gasteiger partial charge in [-0.05, 0) is 49.7 Å².